The topological polar surface area (TPSA) is 113 Å². The van der Waals surface area contributed by atoms with Crippen LogP contribution in [-0.4, -0.2) is 65.4 Å². The van der Waals surface area contributed by atoms with E-state index in [9.17, 15) is 22.8 Å². The van der Waals surface area contributed by atoms with E-state index >= 15 is 0 Å². The van der Waals surface area contributed by atoms with Gasteiger partial charge in [0.05, 0.1) is 22.8 Å². The second kappa shape index (κ2) is 15.7. The van der Waals surface area contributed by atoms with Crippen molar-refractivity contribution in [2.75, 3.05) is 27.2 Å². The summed E-state index contributed by atoms with van der Waals surface area (Å²) in [5.74, 6) is -0.00380. The number of amides is 2. The largest absolute Gasteiger partial charge is 0.444 e. The van der Waals surface area contributed by atoms with E-state index in [1.54, 1.807) is 42.5 Å². The van der Waals surface area contributed by atoms with Crippen LogP contribution >= 0.6 is 11.3 Å². The zero-order valence-electron chi connectivity index (χ0n) is 27.0. The molecule has 3 heterocycles. The van der Waals surface area contributed by atoms with Gasteiger partial charge in [-0.3, -0.25) is 4.79 Å². The molecule has 248 valence electrons. The van der Waals surface area contributed by atoms with Crippen LogP contribution in [0.25, 0.3) is 6.08 Å². The minimum atomic E-state index is -4.61. The number of nitrogens with two attached hydrogens (primary N) is 1. The first-order chi connectivity index (χ1) is 21.1. The highest BCUT2D eigenvalue weighted by Crippen LogP contribution is 2.36. The summed E-state index contributed by atoms with van der Waals surface area (Å²) in [7, 11) is 3.39. The lowest BCUT2D eigenvalue weighted by Crippen LogP contribution is -2.34. The molecule has 0 saturated carbocycles. The molecule has 0 radical (unpaired) electrons. The van der Waals surface area contributed by atoms with Crippen molar-refractivity contribution >= 4 is 40.9 Å². The van der Waals surface area contributed by atoms with Gasteiger partial charge in [-0.15, -0.1) is 11.3 Å². The summed E-state index contributed by atoms with van der Waals surface area (Å²) < 4.78 is 46.8. The van der Waals surface area contributed by atoms with Gasteiger partial charge in [0.15, 0.2) is 0 Å². The number of amidine groups is 1. The number of nitrogens with one attached hydrogen (secondary N) is 1. The number of halogens is 3. The van der Waals surface area contributed by atoms with Crippen molar-refractivity contribution in [2.45, 2.75) is 91.1 Å². The predicted molar refractivity (Wildman–Crippen MR) is 172 cm³/mol. The van der Waals surface area contributed by atoms with Gasteiger partial charge < -0.3 is 25.6 Å². The number of thiophene rings is 1. The first kappa shape index (κ1) is 36.0. The number of nitrogens with zero attached hydrogens (tertiary/aromatic N) is 4. The van der Waals surface area contributed by atoms with Crippen molar-refractivity contribution in [1.82, 2.24) is 20.1 Å². The summed E-state index contributed by atoms with van der Waals surface area (Å²) in [6, 6.07) is 4.97. The normalized spacial score (nSPS) is 13.6. The van der Waals surface area contributed by atoms with Gasteiger partial charge in [-0.25, -0.2) is 14.8 Å². The third-order valence-electron chi connectivity index (χ3n) is 6.70. The Morgan fingerprint density at radius 1 is 1.11 bits per heavy atom. The fourth-order valence-electron chi connectivity index (χ4n) is 4.85. The number of pyridine rings is 1. The third kappa shape index (κ3) is 11.4. The maximum Gasteiger partial charge on any atom is 0.433 e. The van der Waals surface area contributed by atoms with E-state index in [-0.39, 0.29) is 36.7 Å². The van der Waals surface area contributed by atoms with E-state index in [1.807, 2.05) is 33.8 Å². The molecule has 0 atom stereocenters. The second-order valence-electron chi connectivity index (χ2n) is 12.4. The van der Waals surface area contributed by atoms with Crippen LogP contribution in [0.15, 0.2) is 28.8 Å². The summed E-state index contributed by atoms with van der Waals surface area (Å²) >= 11 is 1.55. The van der Waals surface area contributed by atoms with Gasteiger partial charge in [0.2, 0.25) is 0 Å². The van der Waals surface area contributed by atoms with Gasteiger partial charge >= 0.3 is 12.3 Å². The first-order valence-electron chi connectivity index (χ1n) is 15.2. The molecule has 0 unspecified atom stereocenters. The molecule has 3 rings (SSSR count). The van der Waals surface area contributed by atoms with Crippen LogP contribution in [0.3, 0.4) is 0 Å². The van der Waals surface area contributed by atoms with Crippen molar-refractivity contribution in [3.63, 3.8) is 0 Å². The number of unbranched alkanes of at least 4 members (excludes halogenated alkanes) is 2. The monoisotopic (exact) mass is 650 g/mol. The molecule has 1 aliphatic heterocycles. The Morgan fingerprint density at radius 3 is 2.49 bits per heavy atom. The Morgan fingerprint density at radius 2 is 1.84 bits per heavy atom. The summed E-state index contributed by atoms with van der Waals surface area (Å²) in [5.41, 5.74) is 6.14. The van der Waals surface area contributed by atoms with Crippen LogP contribution in [0.4, 0.5) is 23.7 Å². The average Bonchev–Trinajstić information content (AvgIpc) is 3.21. The maximum atomic E-state index is 13.8. The Hall–Kier alpha value is -3.45. The molecular formula is C32H45F3N6O3S. The number of hydrogen-bond donors (Lipinski definition) is 2. The minimum Gasteiger partial charge on any atom is -0.444 e. The van der Waals surface area contributed by atoms with Crippen molar-refractivity contribution in [1.29, 1.82) is 0 Å². The van der Waals surface area contributed by atoms with Gasteiger partial charge in [-0.05, 0) is 84.3 Å². The van der Waals surface area contributed by atoms with Gasteiger partial charge in [-0.2, -0.15) is 13.2 Å². The van der Waals surface area contributed by atoms with Crippen LogP contribution < -0.4 is 11.1 Å². The third-order valence-corrected chi connectivity index (χ3v) is 7.83. The molecule has 1 aliphatic rings. The fraction of sp³-hybridized carbons (Fsp3) is 0.562. The molecule has 2 aromatic rings. The SMILES string of the molecule is CCCN(Cc1ccc(CN(C)C)c(C(F)(F)F)n1)C(=O)C1=Cc2sc(CCCCCNC(=O)OC(C)(C)C)cc2N=C(N)C1. The van der Waals surface area contributed by atoms with Crippen LogP contribution in [0.1, 0.15) is 86.5 Å². The lowest BCUT2D eigenvalue weighted by atomic mass is 10.1. The molecule has 45 heavy (non-hydrogen) atoms. The van der Waals surface area contributed by atoms with E-state index in [0.717, 1.165) is 35.4 Å². The van der Waals surface area contributed by atoms with Crippen molar-refractivity contribution in [3.05, 3.63) is 50.5 Å². The highest BCUT2D eigenvalue weighted by Gasteiger charge is 2.36. The van der Waals surface area contributed by atoms with Crippen molar-refractivity contribution < 1.29 is 27.5 Å². The lowest BCUT2D eigenvalue weighted by molar-refractivity contribution is -0.142. The molecule has 0 aliphatic carbocycles. The Labute approximate surface area is 267 Å². The summed E-state index contributed by atoms with van der Waals surface area (Å²) in [4.78, 5) is 39.1. The van der Waals surface area contributed by atoms with Crippen molar-refractivity contribution in [2.24, 2.45) is 10.7 Å². The molecule has 0 aromatic carbocycles. The van der Waals surface area contributed by atoms with E-state index in [1.165, 1.54) is 11.0 Å². The number of ether oxygens (including phenoxy) is 1. The molecule has 0 saturated heterocycles. The number of rotatable bonds is 13. The molecular weight excluding hydrogens is 605 g/mol. The predicted octanol–water partition coefficient (Wildman–Crippen LogP) is 6.68. The van der Waals surface area contributed by atoms with E-state index in [0.29, 0.717) is 36.6 Å². The van der Waals surface area contributed by atoms with Gasteiger partial charge in [0, 0.05) is 36.5 Å². The molecule has 3 N–H and O–H groups in total. The lowest BCUT2D eigenvalue weighted by Gasteiger charge is -2.24. The highest BCUT2D eigenvalue weighted by molar-refractivity contribution is 7.13. The van der Waals surface area contributed by atoms with Crippen LogP contribution in [0.5, 0.6) is 0 Å². The molecule has 9 nitrogen and oxygen atoms in total. The number of aliphatic imine (C=N–C) groups is 1. The van der Waals surface area contributed by atoms with Crippen LogP contribution in [-0.2, 0) is 35.2 Å². The standard InChI is InChI=1S/C32H45F3N6O3S/c1-7-15-41(20-23-13-12-21(19-40(5)6)28(38-23)32(33,34)35)29(42)22-16-26-25(39-27(36)17-22)18-24(45-26)11-9-8-10-14-37-30(43)44-31(2,3)4/h12-13,16,18H,7-11,14-15,17,19-20H2,1-6H3,(H2,36,39)(H,37,43). The van der Waals surface area contributed by atoms with Crippen LogP contribution in [0.2, 0.25) is 0 Å². The van der Waals surface area contributed by atoms with Gasteiger partial charge in [-0.1, -0.05) is 19.4 Å². The molecule has 0 spiro atoms. The Balaban J connectivity index is 1.69. The van der Waals surface area contributed by atoms with E-state index in [4.69, 9.17) is 10.5 Å². The maximum absolute atomic E-state index is 13.8. The fourth-order valence-corrected chi connectivity index (χ4v) is 5.96. The minimum absolute atomic E-state index is 0.0578. The number of aryl methyl sites for hydroxylation is 1. The van der Waals surface area contributed by atoms with Crippen molar-refractivity contribution in [3.8, 4) is 0 Å². The van der Waals surface area contributed by atoms with E-state index < -0.39 is 23.6 Å². The Kier molecular flexibility index (Phi) is 12.6. The zero-order valence-corrected chi connectivity index (χ0v) is 27.8. The molecule has 0 fully saturated rings. The number of aromatic nitrogens is 1. The number of alkyl carbamates (subject to hydrolysis) is 1. The smallest absolute Gasteiger partial charge is 0.433 e. The van der Waals surface area contributed by atoms with Crippen LogP contribution in [0, 0.1) is 0 Å². The Bertz CT molecular complexity index is 1400. The first-order valence-corrected chi connectivity index (χ1v) is 16.0. The molecule has 0 bridgehead atoms. The summed E-state index contributed by atoms with van der Waals surface area (Å²) in [5, 5.41) is 2.77. The summed E-state index contributed by atoms with van der Waals surface area (Å²) in [6.45, 7) is 8.29. The second-order valence-corrected chi connectivity index (χ2v) is 13.6. The molecule has 13 heteroatoms. The number of carbonyl (C=O) groups excluding carboxylic acids is 2. The van der Waals surface area contributed by atoms with Gasteiger partial charge in [0.25, 0.3) is 5.91 Å². The zero-order chi connectivity index (χ0) is 33.4. The quantitative estimate of drug-likeness (QED) is 0.234. The molecule has 2 amide bonds. The average molecular weight is 651 g/mol. The number of hydrogen-bond acceptors (Lipinski definition) is 8. The highest BCUT2D eigenvalue weighted by atomic mass is 32.1. The number of alkyl halides is 3. The molecule has 2 aromatic heterocycles. The summed E-state index contributed by atoms with van der Waals surface area (Å²) in [6.07, 6.45) is 0.990. The number of fused-ring (bicyclic) bond motifs is 1. The van der Waals surface area contributed by atoms with E-state index in [2.05, 4.69) is 15.3 Å². The van der Waals surface area contributed by atoms with Gasteiger partial charge in [0.1, 0.15) is 17.1 Å². The number of carbonyl (C=O) groups is 2.